The fourth-order valence-electron chi connectivity index (χ4n) is 2.82. The van der Waals surface area contributed by atoms with Crippen molar-refractivity contribution in [3.05, 3.63) is 107 Å². The molecule has 0 fully saturated rings. The van der Waals surface area contributed by atoms with E-state index >= 15 is 0 Å². The van der Waals surface area contributed by atoms with E-state index in [1.807, 2.05) is 72.9 Å². The highest BCUT2D eigenvalue weighted by Crippen LogP contribution is 2.27. The molecular weight excluding hydrogens is 384 g/mol. The molecule has 148 valence electrons. The number of halogens is 1. The molecule has 7 heteroatoms. The summed E-state index contributed by atoms with van der Waals surface area (Å²) in [5, 5.41) is 16.2. The van der Waals surface area contributed by atoms with Gasteiger partial charge in [0.05, 0.1) is 28.6 Å². The quantitative estimate of drug-likeness (QED) is 0.340. The number of hydrogen-bond acceptors (Lipinski definition) is 5. The van der Waals surface area contributed by atoms with Crippen LogP contribution in [0.5, 0.6) is 0 Å². The first kappa shape index (κ1) is 20.2. The van der Waals surface area contributed by atoms with Gasteiger partial charge in [0.25, 0.3) is 0 Å². The predicted molar refractivity (Wildman–Crippen MR) is 118 cm³/mol. The van der Waals surface area contributed by atoms with Gasteiger partial charge in [0.15, 0.2) is 0 Å². The Morgan fingerprint density at radius 3 is 2.17 bits per heavy atom. The van der Waals surface area contributed by atoms with E-state index in [1.54, 1.807) is 10.9 Å². The molecule has 0 atom stereocenters. The van der Waals surface area contributed by atoms with E-state index < -0.39 is 0 Å². The third kappa shape index (κ3) is 5.06. The maximum Gasteiger partial charge on any atom is 0.107 e. The predicted octanol–water partition coefficient (Wildman–Crippen LogP) is 3.28. The van der Waals surface area contributed by atoms with Gasteiger partial charge in [0.2, 0.25) is 0 Å². The number of nitrogens with zero attached hydrogens (tertiary/aromatic N) is 2. The fourth-order valence-corrected chi connectivity index (χ4v) is 3.12. The van der Waals surface area contributed by atoms with E-state index in [0.29, 0.717) is 29.9 Å². The number of nitrogens with two attached hydrogens (primary N) is 2. The maximum atomic E-state index is 8.71. The average Bonchev–Trinajstić information content (AvgIpc) is 3.28. The molecule has 1 heterocycles. The molecule has 0 aliphatic carbocycles. The fraction of sp³-hybridized carbons (Fsp3) is 0.0909. The van der Waals surface area contributed by atoms with E-state index in [2.05, 4.69) is 10.4 Å². The van der Waals surface area contributed by atoms with Crippen LogP contribution in [-0.2, 0) is 6.54 Å². The first-order valence-electron chi connectivity index (χ1n) is 9.14. The minimum atomic E-state index is 0.193. The zero-order valence-electron chi connectivity index (χ0n) is 15.8. The van der Waals surface area contributed by atoms with Crippen molar-refractivity contribution in [2.75, 3.05) is 6.54 Å². The SMILES string of the molecule is N=C(C(=C(/N)NCCn1cccn1)/C(Cl)=C(\N)c1ccccc1)c1ccccc1. The second kappa shape index (κ2) is 9.61. The minimum absolute atomic E-state index is 0.193. The van der Waals surface area contributed by atoms with E-state index in [1.165, 1.54) is 0 Å². The van der Waals surface area contributed by atoms with Crippen molar-refractivity contribution in [3.63, 3.8) is 0 Å². The van der Waals surface area contributed by atoms with Gasteiger partial charge >= 0.3 is 0 Å². The molecule has 0 spiro atoms. The highest BCUT2D eigenvalue weighted by Gasteiger charge is 2.19. The van der Waals surface area contributed by atoms with Crippen molar-refractivity contribution in [1.82, 2.24) is 15.1 Å². The molecule has 2 aromatic carbocycles. The Morgan fingerprint density at radius 1 is 0.966 bits per heavy atom. The monoisotopic (exact) mass is 406 g/mol. The molecule has 0 radical (unpaired) electrons. The molecule has 0 amide bonds. The highest BCUT2D eigenvalue weighted by molar-refractivity contribution is 6.39. The molecule has 3 rings (SSSR count). The summed E-state index contributed by atoms with van der Waals surface area (Å²) >= 11 is 6.67. The Balaban J connectivity index is 1.95. The van der Waals surface area contributed by atoms with Crippen LogP contribution in [0.2, 0.25) is 0 Å². The van der Waals surface area contributed by atoms with E-state index in [-0.39, 0.29) is 16.6 Å². The number of benzene rings is 2. The molecule has 0 saturated carbocycles. The third-order valence-electron chi connectivity index (χ3n) is 4.34. The van der Waals surface area contributed by atoms with Crippen molar-refractivity contribution < 1.29 is 0 Å². The number of aromatic nitrogens is 2. The molecule has 0 aliphatic heterocycles. The Labute approximate surface area is 175 Å². The van der Waals surface area contributed by atoms with Crippen LogP contribution >= 0.6 is 11.6 Å². The lowest BCUT2D eigenvalue weighted by Gasteiger charge is -2.17. The van der Waals surface area contributed by atoms with Crippen molar-refractivity contribution in [1.29, 1.82) is 5.41 Å². The standard InChI is InChI=1S/C22H23ClN6/c23-19(21(25)17-10-5-2-6-11-17)18(20(24)16-8-3-1-4-9-16)22(26)27-13-15-29-14-7-12-28-29/h1-12,14,24,27H,13,15,25-26H2/b21-19+,22-18-,24-20?. The zero-order valence-corrected chi connectivity index (χ0v) is 16.6. The number of rotatable bonds is 8. The number of nitrogens with one attached hydrogen (secondary N) is 2. The zero-order chi connectivity index (χ0) is 20.6. The molecule has 0 aliphatic rings. The molecule has 3 aromatic rings. The summed E-state index contributed by atoms with van der Waals surface area (Å²) in [5.41, 5.74) is 15.0. The highest BCUT2D eigenvalue weighted by atomic mass is 35.5. The van der Waals surface area contributed by atoms with Crippen LogP contribution in [0.3, 0.4) is 0 Å². The third-order valence-corrected chi connectivity index (χ3v) is 4.73. The van der Waals surface area contributed by atoms with Crippen LogP contribution in [0.1, 0.15) is 11.1 Å². The van der Waals surface area contributed by atoms with Crippen LogP contribution in [0.15, 0.2) is 95.6 Å². The second-order valence-corrected chi connectivity index (χ2v) is 6.70. The minimum Gasteiger partial charge on any atom is -0.397 e. The van der Waals surface area contributed by atoms with Gasteiger partial charge in [-0.05, 0) is 11.6 Å². The largest absolute Gasteiger partial charge is 0.397 e. The van der Waals surface area contributed by atoms with Gasteiger partial charge in [0, 0.05) is 24.5 Å². The Kier molecular flexibility index (Phi) is 6.71. The van der Waals surface area contributed by atoms with Gasteiger partial charge < -0.3 is 16.8 Å². The molecule has 0 saturated heterocycles. The molecule has 6 nitrogen and oxygen atoms in total. The average molecular weight is 407 g/mol. The first-order chi connectivity index (χ1) is 14.1. The van der Waals surface area contributed by atoms with Crippen molar-refractivity contribution in [2.45, 2.75) is 6.54 Å². The molecule has 29 heavy (non-hydrogen) atoms. The second-order valence-electron chi connectivity index (χ2n) is 6.32. The summed E-state index contributed by atoms with van der Waals surface area (Å²) in [4.78, 5) is 0. The van der Waals surface area contributed by atoms with Crippen molar-refractivity contribution >= 4 is 23.0 Å². The number of allylic oxidation sites excluding steroid dienone is 2. The Morgan fingerprint density at radius 2 is 1.59 bits per heavy atom. The van der Waals surface area contributed by atoms with Crippen LogP contribution in [0, 0.1) is 5.41 Å². The van der Waals surface area contributed by atoms with Crippen molar-refractivity contribution in [2.24, 2.45) is 11.5 Å². The molecular formula is C22H23ClN6. The summed E-state index contributed by atoms with van der Waals surface area (Å²) in [7, 11) is 0. The number of hydrogen-bond donors (Lipinski definition) is 4. The van der Waals surface area contributed by atoms with Crippen molar-refractivity contribution in [3.8, 4) is 0 Å². The first-order valence-corrected chi connectivity index (χ1v) is 9.52. The van der Waals surface area contributed by atoms with E-state index in [9.17, 15) is 0 Å². The molecule has 1 aromatic heterocycles. The normalized spacial score (nSPS) is 12.7. The lowest BCUT2D eigenvalue weighted by molar-refractivity contribution is 0.583. The molecule has 0 bridgehead atoms. The summed E-state index contributed by atoms with van der Waals surface area (Å²) in [6.45, 7) is 1.14. The maximum absolute atomic E-state index is 8.71. The summed E-state index contributed by atoms with van der Waals surface area (Å²) in [6, 6.07) is 20.5. The van der Waals surface area contributed by atoms with Gasteiger partial charge in [-0.3, -0.25) is 10.1 Å². The summed E-state index contributed by atoms with van der Waals surface area (Å²) in [5.74, 6) is 0.287. The van der Waals surface area contributed by atoms with Crippen LogP contribution in [0.4, 0.5) is 0 Å². The van der Waals surface area contributed by atoms with Gasteiger partial charge in [-0.25, -0.2) is 0 Å². The lowest BCUT2D eigenvalue weighted by atomic mass is 9.99. The summed E-state index contributed by atoms with van der Waals surface area (Å²) in [6.07, 6.45) is 3.59. The smallest absolute Gasteiger partial charge is 0.107 e. The van der Waals surface area contributed by atoms with Gasteiger partial charge in [-0.2, -0.15) is 5.10 Å². The van der Waals surface area contributed by atoms with Crippen LogP contribution < -0.4 is 16.8 Å². The van der Waals surface area contributed by atoms with Gasteiger partial charge in [0.1, 0.15) is 5.82 Å². The summed E-state index contributed by atoms with van der Waals surface area (Å²) < 4.78 is 1.79. The van der Waals surface area contributed by atoms with Gasteiger partial charge in [-0.15, -0.1) is 0 Å². The topological polar surface area (TPSA) is 106 Å². The van der Waals surface area contributed by atoms with Crippen LogP contribution in [0.25, 0.3) is 5.70 Å². The van der Waals surface area contributed by atoms with Crippen LogP contribution in [-0.4, -0.2) is 22.0 Å². The van der Waals surface area contributed by atoms with E-state index in [0.717, 1.165) is 5.56 Å². The molecule has 0 unspecified atom stereocenters. The van der Waals surface area contributed by atoms with E-state index in [4.69, 9.17) is 28.5 Å². The van der Waals surface area contributed by atoms with Gasteiger partial charge in [-0.1, -0.05) is 72.3 Å². The lowest BCUT2D eigenvalue weighted by Crippen LogP contribution is -2.28. The Hall–Kier alpha value is -3.51. The Bertz CT molecular complexity index is 1010. The molecule has 6 N–H and O–H groups in total.